The van der Waals surface area contributed by atoms with E-state index in [0.717, 1.165) is 39.4 Å². The maximum atomic E-state index is 6.27. The first-order valence-electron chi connectivity index (χ1n) is 8.32. The Morgan fingerprint density at radius 3 is 2.58 bits per heavy atom. The van der Waals surface area contributed by atoms with E-state index in [1.54, 1.807) is 17.2 Å². The lowest BCUT2D eigenvalue weighted by atomic mass is 10.1. The van der Waals surface area contributed by atoms with E-state index in [2.05, 4.69) is 52.4 Å². The van der Waals surface area contributed by atoms with E-state index in [-0.39, 0.29) is 0 Å². The predicted octanol–water partition coefficient (Wildman–Crippen LogP) is 5.14. The summed E-state index contributed by atoms with van der Waals surface area (Å²) < 4.78 is 1.77. The van der Waals surface area contributed by atoms with Gasteiger partial charge in [-0.05, 0) is 55.7 Å². The zero-order valence-corrected chi connectivity index (χ0v) is 15.5. The third kappa shape index (κ3) is 2.91. The van der Waals surface area contributed by atoms with Crippen molar-refractivity contribution in [2.45, 2.75) is 20.8 Å². The van der Waals surface area contributed by atoms with E-state index in [4.69, 9.17) is 11.6 Å². The highest BCUT2D eigenvalue weighted by atomic mass is 35.5. The number of hydrogen-bond acceptors (Lipinski definition) is 4. The van der Waals surface area contributed by atoms with Gasteiger partial charge in [0.2, 0.25) is 0 Å². The number of hydrogen-bond donors (Lipinski definition) is 1. The normalized spacial score (nSPS) is 11.1. The Bertz CT molecular complexity index is 1120. The van der Waals surface area contributed by atoms with Crippen LogP contribution in [0.15, 0.2) is 48.9 Å². The average Bonchev–Trinajstić information content (AvgIpc) is 3.06. The van der Waals surface area contributed by atoms with Crippen molar-refractivity contribution in [3.05, 3.63) is 70.6 Å². The monoisotopic (exact) mass is 363 g/mol. The molecule has 0 aliphatic carbocycles. The van der Waals surface area contributed by atoms with Gasteiger partial charge in [0.25, 0.3) is 0 Å². The first-order valence-corrected chi connectivity index (χ1v) is 8.70. The highest BCUT2D eigenvalue weighted by molar-refractivity contribution is 6.31. The van der Waals surface area contributed by atoms with E-state index in [9.17, 15) is 0 Å². The largest absolute Gasteiger partial charge is 0.339 e. The Hall–Kier alpha value is -2.92. The second-order valence-electron chi connectivity index (χ2n) is 6.39. The molecule has 5 nitrogen and oxygen atoms in total. The first-order chi connectivity index (χ1) is 12.5. The van der Waals surface area contributed by atoms with Crippen LogP contribution in [0.5, 0.6) is 0 Å². The van der Waals surface area contributed by atoms with Gasteiger partial charge in [0, 0.05) is 10.7 Å². The lowest BCUT2D eigenvalue weighted by Gasteiger charge is -2.10. The number of rotatable bonds is 3. The van der Waals surface area contributed by atoms with Gasteiger partial charge in [-0.1, -0.05) is 29.8 Å². The number of fused-ring (bicyclic) bond motifs is 1. The van der Waals surface area contributed by atoms with Crippen LogP contribution >= 0.6 is 11.6 Å². The molecule has 0 radical (unpaired) electrons. The van der Waals surface area contributed by atoms with Gasteiger partial charge in [-0.2, -0.15) is 5.10 Å². The molecule has 0 saturated heterocycles. The molecule has 0 amide bonds. The molecule has 2 heterocycles. The molecule has 0 unspecified atom stereocenters. The van der Waals surface area contributed by atoms with Crippen LogP contribution in [0, 0.1) is 20.8 Å². The third-order valence-electron chi connectivity index (χ3n) is 4.41. The van der Waals surface area contributed by atoms with Gasteiger partial charge in [-0.15, -0.1) is 0 Å². The fourth-order valence-corrected chi connectivity index (χ4v) is 3.02. The van der Waals surface area contributed by atoms with Crippen molar-refractivity contribution in [1.82, 2.24) is 19.7 Å². The SMILES string of the molecule is Cc1ccc(C)c(Nc2ncnc3c2cnn3-c2ccc(C)c(Cl)c2)c1. The van der Waals surface area contributed by atoms with Crippen molar-refractivity contribution < 1.29 is 0 Å². The standard InChI is InChI=1S/C20H18ClN5/c1-12-4-5-14(3)18(8-12)25-19-16-10-24-26(20(16)23-11-22-19)15-7-6-13(2)17(21)9-15/h4-11H,1-3H3,(H,22,23,25). The van der Waals surface area contributed by atoms with E-state index >= 15 is 0 Å². The predicted molar refractivity (Wildman–Crippen MR) is 106 cm³/mol. The minimum Gasteiger partial charge on any atom is -0.339 e. The number of halogens is 1. The van der Waals surface area contributed by atoms with Crippen LogP contribution in [0.25, 0.3) is 16.7 Å². The molecule has 4 rings (SSSR count). The molecule has 0 spiro atoms. The Labute approximate surface area is 156 Å². The highest BCUT2D eigenvalue weighted by Crippen LogP contribution is 2.27. The zero-order chi connectivity index (χ0) is 18.3. The first kappa shape index (κ1) is 16.5. The molecule has 0 bridgehead atoms. The molecule has 6 heteroatoms. The molecule has 1 N–H and O–H groups in total. The topological polar surface area (TPSA) is 55.6 Å². The highest BCUT2D eigenvalue weighted by Gasteiger charge is 2.12. The van der Waals surface area contributed by atoms with Gasteiger partial charge < -0.3 is 5.32 Å². The molecule has 26 heavy (non-hydrogen) atoms. The van der Waals surface area contributed by atoms with Crippen molar-refractivity contribution in [3.8, 4) is 5.69 Å². The Morgan fingerprint density at radius 2 is 1.77 bits per heavy atom. The van der Waals surface area contributed by atoms with Crippen LogP contribution in [0.4, 0.5) is 11.5 Å². The maximum Gasteiger partial charge on any atom is 0.168 e. The summed E-state index contributed by atoms with van der Waals surface area (Å²) in [5.41, 5.74) is 5.99. The lowest BCUT2D eigenvalue weighted by Crippen LogP contribution is -2.00. The van der Waals surface area contributed by atoms with Crippen LogP contribution < -0.4 is 5.32 Å². The van der Waals surface area contributed by atoms with Gasteiger partial charge in [-0.3, -0.25) is 0 Å². The van der Waals surface area contributed by atoms with E-state index in [0.29, 0.717) is 5.02 Å². The molecule has 4 aromatic rings. The second-order valence-corrected chi connectivity index (χ2v) is 6.80. The summed E-state index contributed by atoms with van der Waals surface area (Å²) in [5.74, 6) is 0.730. The molecule has 0 aliphatic rings. The Morgan fingerprint density at radius 1 is 0.962 bits per heavy atom. The van der Waals surface area contributed by atoms with Crippen molar-refractivity contribution in [2.75, 3.05) is 5.32 Å². The maximum absolute atomic E-state index is 6.27. The summed E-state index contributed by atoms with van der Waals surface area (Å²) in [7, 11) is 0. The van der Waals surface area contributed by atoms with E-state index in [1.165, 1.54) is 5.56 Å². The summed E-state index contributed by atoms with van der Waals surface area (Å²) in [6, 6.07) is 12.1. The number of aryl methyl sites for hydroxylation is 3. The minimum atomic E-state index is 0.703. The fourth-order valence-electron chi connectivity index (χ4n) is 2.84. The Balaban J connectivity index is 1.80. The van der Waals surface area contributed by atoms with Crippen LogP contribution in [0.2, 0.25) is 5.02 Å². The molecule has 0 saturated carbocycles. The Kier molecular flexibility index (Phi) is 4.09. The summed E-state index contributed by atoms with van der Waals surface area (Å²) in [6.07, 6.45) is 3.32. The van der Waals surface area contributed by atoms with Gasteiger partial charge >= 0.3 is 0 Å². The molecule has 0 fully saturated rings. The number of aromatic nitrogens is 4. The van der Waals surface area contributed by atoms with Gasteiger partial charge in [0.15, 0.2) is 5.65 Å². The second kappa shape index (κ2) is 6.42. The molecule has 0 aliphatic heterocycles. The molecule has 2 aromatic carbocycles. The van der Waals surface area contributed by atoms with Gasteiger partial charge in [0.05, 0.1) is 17.3 Å². The van der Waals surface area contributed by atoms with Gasteiger partial charge in [-0.25, -0.2) is 14.6 Å². The third-order valence-corrected chi connectivity index (χ3v) is 4.82. The molecular weight excluding hydrogens is 346 g/mol. The molecule has 0 atom stereocenters. The molecular formula is C20H18ClN5. The van der Waals surface area contributed by atoms with E-state index in [1.807, 2.05) is 25.1 Å². The lowest BCUT2D eigenvalue weighted by molar-refractivity contribution is 0.894. The van der Waals surface area contributed by atoms with Gasteiger partial charge in [0.1, 0.15) is 12.1 Å². The smallest absolute Gasteiger partial charge is 0.168 e. The zero-order valence-electron chi connectivity index (χ0n) is 14.8. The van der Waals surface area contributed by atoms with Crippen molar-refractivity contribution in [1.29, 1.82) is 0 Å². The summed E-state index contributed by atoms with van der Waals surface area (Å²) in [6.45, 7) is 6.11. The number of nitrogens with one attached hydrogen (secondary N) is 1. The summed E-state index contributed by atoms with van der Waals surface area (Å²) in [4.78, 5) is 8.83. The summed E-state index contributed by atoms with van der Waals surface area (Å²) in [5, 5.41) is 9.46. The molecule has 2 aromatic heterocycles. The number of nitrogens with zero attached hydrogens (tertiary/aromatic N) is 4. The number of anilines is 2. The fraction of sp³-hybridized carbons (Fsp3) is 0.150. The van der Waals surface area contributed by atoms with Crippen molar-refractivity contribution >= 4 is 34.1 Å². The minimum absolute atomic E-state index is 0.703. The summed E-state index contributed by atoms with van der Waals surface area (Å²) >= 11 is 6.27. The van der Waals surface area contributed by atoms with Crippen LogP contribution in [0.3, 0.4) is 0 Å². The number of benzene rings is 2. The van der Waals surface area contributed by atoms with Crippen molar-refractivity contribution in [2.24, 2.45) is 0 Å². The van der Waals surface area contributed by atoms with E-state index < -0.39 is 0 Å². The van der Waals surface area contributed by atoms with Crippen LogP contribution in [0.1, 0.15) is 16.7 Å². The van der Waals surface area contributed by atoms with Crippen LogP contribution in [-0.4, -0.2) is 19.7 Å². The quantitative estimate of drug-likeness (QED) is 0.547. The molecule has 130 valence electrons. The van der Waals surface area contributed by atoms with Crippen LogP contribution in [-0.2, 0) is 0 Å². The average molecular weight is 364 g/mol. The van der Waals surface area contributed by atoms with Crippen molar-refractivity contribution in [3.63, 3.8) is 0 Å².